The number of cyclic esters (lactones) is 1. The van der Waals surface area contributed by atoms with Gasteiger partial charge in [-0.25, -0.2) is 18.6 Å². The molecule has 1 amide bonds. The standard InChI is InChI=1S/C17H16F2N2O3/c1-10-14(18)4-3-13(15(10)19)11-7-12(16(23-2)20-8-11)9-21-5-6-24-17(21)22/h3-4,7-8H,5-6,9H2,1-2H3. The maximum Gasteiger partial charge on any atom is 0.410 e. The molecule has 7 heteroatoms. The SMILES string of the molecule is COc1ncc(-c2ccc(F)c(C)c2F)cc1CN1CCOC1=O. The van der Waals surface area contributed by atoms with E-state index in [0.29, 0.717) is 30.2 Å². The van der Waals surface area contributed by atoms with Crippen LogP contribution in [0.3, 0.4) is 0 Å². The second kappa shape index (κ2) is 6.43. The number of methoxy groups -OCH3 is 1. The van der Waals surface area contributed by atoms with Crippen molar-refractivity contribution in [1.29, 1.82) is 0 Å². The van der Waals surface area contributed by atoms with Gasteiger partial charge in [0.05, 0.1) is 20.2 Å². The van der Waals surface area contributed by atoms with E-state index in [0.717, 1.165) is 0 Å². The number of halogens is 2. The fourth-order valence-electron chi connectivity index (χ4n) is 2.60. The minimum atomic E-state index is -0.631. The van der Waals surface area contributed by atoms with Gasteiger partial charge in [-0.05, 0) is 25.1 Å². The molecule has 0 spiro atoms. The van der Waals surface area contributed by atoms with Gasteiger partial charge in [-0.15, -0.1) is 0 Å². The molecular weight excluding hydrogens is 318 g/mol. The zero-order valence-electron chi connectivity index (χ0n) is 13.3. The third-order valence-corrected chi connectivity index (χ3v) is 3.96. The molecule has 0 radical (unpaired) electrons. The van der Waals surface area contributed by atoms with Crippen LogP contribution in [-0.2, 0) is 11.3 Å². The number of aromatic nitrogens is 1. The molecule has 1 aliphatic heterocycles. The summed E-state index contributed by atoms with van der Waals surface area (Å²) in [6, 6.07) is 4.28. The van der Waals surface area contributed by atoms with Crippen LogP contribution in [0.4, 0.5) is 13.6 Å². The van der Waals surface area contributed by atoms with Crippen molar-refractivity contribution >= 4 is 6.09 Å². The molecule has 1 saturated heterocycles. The Bertz CT molecular complexity index is 796. The van der Waals surface area contributed by atoms with Gasteiger partial charge in [0, 0.05) is 28.5 Å². The summed E-state index contributed by atoms with van der Waals surface area (Å²) < 4.78 is 37.9. The summed E-state index contributed by atoms with van der Waals surface area (Å²) in [5.74, 6) is -0.885. The van der Waals surface area contributed by atoms with Crippen molar-refractivity contribution in [2.24, 2.45) is 0 Å². The van der Waals surface area contributed by atoms with Gasteiger partial charge in [0.15, 0.2) is 0 Å². The fourth-order valence-corrected chi connectivity index (χ4v) is 2.60. The molecule has 1 aliphatic rings. The number of hydrogen-bond donors (Lipinski definition) is 0. The molecule has 24 heavy (non-hydrogen) atoms. The molecular formula is C17H16F2N2O3. The number of rotatable bonds is 4. The van der Waals surface area contributed by atoms with Crippen LogP contribution >= 0.6 is 0 Å². The van der Waals surface area contributed by atoms with Crippen LogP contribution in [0.15, 0.2) is 24.4 Å². The minimum Gasteiger partial charge on any atom is -0.481 e. The topological polar surface area (TPSA) is 51.7 Å². The number of carbonyl (C=O) groups is 1. The molecule has 0 N–H and O–H groups in total. The summed E-state index contributed by atoms with van der Waals surface area (Å²) in [5.41, 5.74) is 1.30. The Morgan fingerprint density at radius 3 is 2.83 bits per heavy atom. The molecule has 2 aromatic rings. The predicted octanol–water partition coefficient (Wildman–Crippen LogP) is 3.30. The zero-order valence-corrected chi connectivity index (χ0v) is 13.3. The van der Waals surface area contributed by atoms with Crippen LogP contribution in [-0.4, -0.2) is 36.2 Å². The number of benzene rings is 1. The Labute approximate surface area is 137 Å². The van der Waals surface area contributed by atoms with Gasteiger partial charge < -0.3 is 14.4 Å². The van der Waals surface area contributed by atoms with E-state index in [-0.39, 0.29) is 17.7 Å². The van der Waals surface area contributed by atoms with Crippen LogP contribution in [0.2, 0.25) is 0 Å². The Hall–Kier alpha value is -2.70. The minimum absolute atomic E-state index is 0.0482. The first-order chi connectivity index (χ1) is 11.5. The Morgan fingerprint density at radius 1 is 1.38 bits per heavy atom. The normalized spacial score (nSPS) is 14.0. The number of hydrogen-bond acceptors (Lipinski definition) is 4. The zero-order chi connectivity index (χ0) is 17.3. The highest BCUT2D eigenvalue weighted by molar-refractivity contribution is 5.70. The van der Waals surface area contributed by atoms with Crippen LogP contribution in [0.5, 0.6) is 5.88 Å². The van der Waals surface area contributed by atoms with Crippen molar-refractivity contribution in [3.63, 3.8) is 0 Å². The van der Waals surface area contributed by atoms with Gasteiger partial charge in [-0.2, -0.15) is 0 Å². The molecule has 126 valence electrons. The lowest BCUT2D eigenvalue weighted by atomic mass is 10.0. The van der Waals surface area contributed by atoms with Crippen molar-refractivity contribution in [2.45, 2.75) is 13.5 Å². The third kappa shape index (κ3) is 2.89. The van der Waals surface area contributed by atoms with E-state index in [9.17, 15) is 13.6 Å². The molecule has 0 aliphatic carbocycles. The Kier molecular flexibility index (Phi) is 4.33. The van der Waals surface area contributed by atoms with Crippen LogP contribution in [0.25, 0.3) is 11.1 Å². The van der Waals surface area contributed by atoms with Crippen molar-refractivity contribution < 1.29 is 23.0 Å². The number of nitrogens with zero attached hydrogens (tertiary/aromatic N) is 2. The quantitative estimate of drug-likeness (QED) is 0.861. The van der Waals surface area contributed by atoms with E-state index in [2.05, 4.69) is 4.98 Å². The summed E-state index contributed by atoms with van der Waals surface area (Å²) in [5, 5.41) is 0. The van der Waals surface area contributed by atoms with Crippen molar-refractivity contribution in [1.82, 2.24) is 9.88 Å². The summed E-state index contributed by atoms with van der Waals surface area (Å²) in [7, 11) is 1.47. The Morgan fingerprint density at radius 2 is 2.17 bits per heavy atom. The number of amides is 1. The molecule has 0 unspecified atom stereocenters. The fraction of sp³-hybridized carbons (Fsp3) is 0.294. The molecule has 3 rings (SSSR count). The van der Waals surface area contributed by atoms with Crippen molar-refractivity contribution in [2.75, 3.05) is 20.3 Å². The van der Waals surface area contributed by atoms with Gasteiger partial charge in [0.1, 0.15) is 18.2 Å². The predicted molar refractivity (Wildman–Crippen MR) is 82.6 cm³/mol. The largest absolute Gasteiger partial charge is 0.481 e. The monoisotopic (exact) mass is 334 g/mol. The summed E-state index contributed by atoms with van der Waals surface area (Å²) >= 11 is 0. The van der Waals surface area contributed by atoms with Gasteiger partial charge >= 0.3 is 6.09 Å². The molecule has 2 heterocycles. The molecule has 5 nitrogen and oxygen atoms in total. The molecule has 0 bridgehead atoms. The third-order valence-electron chi connectivity index (χ3n) is 3.96. The van der Waals surface area contributed by atoms with Crippen LogP contribution in [0, 0.1) is 18.6 Å². The van der Waals surface area contributed by atoms with E-state index in [1.54, 1.807) is 6.07 Å². The summed E-state index contributed by atoms with van der Waals surface area (Å²) in [4.78, 5) is 17.3. The average Bonchev–Trinajstić information content (AvgIpc) is 2.98. The Balaban J connectivity index is 2.00. The lowest BCUT2D eigenvalue weighted by molar-refractivity contribution is 0.157. The molecule has 1 aromatic carbocycles. The lowest BCUT2D eigenvalue weighted by Gasteiger charge is -2.16. The van der Waals surface area contributed by atoms with Crippen molar-refractivity contribution in [3.05, 3.63) is 47.2 Å². The first-order valence-electron chi connectivity index (χ1n) is 7.41. The second-order valence-corrected chi connectivity index (χ2v) is 5.46. The molecule has 0 atom stereocenters. The second-order valence-electron chi connectivity index (χ2n) is 5.46. The highest BCUT2D eigenvalue weighted by Crippen LogP contribution is 2.29. The maximum atomic E-state index is 14.3. The highest BCUT2D eigenvalue weighted by atomic mass is 19.1. The first-order valence-corrected chi connectivity index (χ1v) is 7.41. The highest BCUT2D eigenvalue weighted by Gasteiger charge is 2.24. The maximum absolute atomic E-state index is 14.3. The van der Waals surface area contributed by atoms with E-state index < -0.39 is 17.7 Å². The van der Waals surface area contributed by atoms with E-state index in [4.69, 9.17) is 9.47 Å². The average molecular weight is 334 g/mol. The molecule has 1 fully saturated rings. The van der Waals surface area contributed by atoms with Crippen LogP contribution in [0.1, 0.15) is 11.1 Å². The van der Waals surface area contributed by atoms with Crippen LogP contribution < -0.4 is 4.74 Å². The summed E-state index contributed by atoms with van der Waals surface area (Å²) in [6.07, 6.45) is 1.05. The molecule has 1 aromatic heterocycles. The van der Waals surface area contributed by atoms with E-state index in [1.165, 1.54) is 37.3 Å². The van der Waals surface area contributed by atoms with Gasteiger partial charge in [0.25, 0.3) is 0 Å². The van der Waals surface area contributed by atoms with Gasteiger partial charge in [-0.1, -0.05) is 0 Å². The van der Waals surface area contributed by atoms with E-state index >= 15 is 0 Å². The lowest BCUT2D eigenvalue weighted by Crippen LogP contribution is -2.24. The van der Waals surface area contributed by atoms with Gasteiger partial charge in [-0.3, -0.25) is 0 Å². The van der Waals surface area contributed by atoms with Gasteiger partial charge in [0.2, 0.25) is 5.88 Å². The van der Waals surface area contributed by atoms with E-state index in [1.807, 2.05) is 0 Å². The smallest absolute Gasteiger partial charge is 0.410 e. The number of pyridine rings is 1. The first kappa shape index (κ1) is 16.2. The van der Waals surface area contributed by atoms with Crippen molar-refractivity contribution in [3.8, 4) is 17.0 Å². The molecule has 0 saturated carbocycles. The number of carbonyl (C=O) groups excluding carboxylic acids is 1. The summed E-state index contributed by atoms with van der Waals surface area (Å²) in [6.45, 7) is 2.42. The number of ether oxygens (including phenoxy) is 2.